The van der Waals surface area contributed by atoms with Gasteiger partial charge in [0, 0.05) is 10.9 Å². The third-order valence-electron chi connectivity index (χ3n) is 2.51. The number of aromatic nitrogens is 2. The average Bonchev–Trinajstić information content (AvgIpc) is 2.97. The minimum atomic E-state index is -0.525. The van der Waals surface area contributed by atoms with Crippen LogP contribution in [0.1, 0.15) is 18.0 Å². The molecule has 0 aliphatic carbocycles. The molecule has 3 aromatic rings. The smallest absolute Gasteiger partial charge is 0.181 e. The van der Waals surface area contributed by atoms with Crippen molar-refractivity contribution in [1.29, 1.82) is 0 Å². The second-order valence-electron chi connectivity index (χ2n) is 3.78. The number of hydrogen-bond donors (Lipinski definition) is 1. The number of hydrogen-bond acceptors (Lipinski definition) is 5. The molecule has 2 aromatic heterocycles. The second-order valence-corrected chi connectivity index (χ2v) is 4.67. The summed E-state index contributed by atoms with van der Waals surface area (Å²) in [7, 11) is 0. The van der Waals surface area contributed by atoms with Gasteiger partial charge < -0.3 is 9.52 Å². The zero-order chi connectivity index (χ0) is 11.8. The maximum atomic E-state index is 9.44. The van der Waals surface area contributed by atoms with Gasteiger partial charge in [-0.25, -0.2) is 9.97 Å². The van der Waals surface area contributed by atoms with Gasteiger partial charge in [0.05, 0.1) is 5.69 Å². The minimum absolute atomic E-state index is 0.525. The molecular weight excluding hydrogens is 236 g/mol. The fourth-order valence-corrected chi connectivity index (χ4v) is 2.40. The van der Waals surface area contributed by atoms with Crippen molar-refractivity contribution in [2.24, 2.45) is 0 Å². The van der Waals surface area contributed by atoms with Crippen LogP contribution in [0, 0.1) is 0 Å². The summed E-state index contributed by atoms with van der Waals surface area (Å²) in [5.74, 6) is 0. The van der Waals surface area contributed by atoms with E-state index in [-0.39, 0.29) is 0 Å². The van der Waals surface area contributed by atoms with Gasteiger partial charge in [-0.3, -0.25) is 0 Å². The van der Waals surface area contributed by atoms with Crippen LogP contribution in [0.15, 0.2) is 34.4 Å². The van der Waals surface area contributed by atoms with Gasteiger partial charge in [0.25, 0.3) is 0 Å². The Morgan fingerprint density at radius 3 is 3.06 bits per heavy atom. The molecule has 0 aliphatic rings. The Kier molecular flexibility index (Phi) is 2.42. The quantitative estimate of drug-likeness (QED) is 0.755. The molecular formula is C12H10N2O2S. The van der Waals surface area contributed by atoms with Crippen LogP contribution >= 0.6 is 11.3 Å². The van der Waals surface area contributed by atoms with E-state index in [2.05, 4.69) is 9.97 Å². The molecule has 0 bridgehead atoms. The third kappa shape index (κ3) is 1.83. The highest BCUT2D eigenvalue weighted by Gasteiger charge is 2.09. The van der Waals surface area contributed by atoms with E-state index >= 15 is 0 Å². The maximum Gasteiger partial charge on any atom is 0.181 e. The molecule has 2 heterocycles. The Hall–Kier alpha value is -1.72. The largest absolute Gasteiger partial charge is 0.443 e. The molecule has 4 nitrogen and oxygen atoms in total. The number of benzene rings is 1. The number of aliphatic hydroxyl groups is 1. The van der Waals surface area contributed by atoms with Crippen LogP contribution in [0.5, 0.6) is 0 Å². The molecule has 1 aromatic carbocycles. The van der Waals surface area contributed by atoms with Crippen LogP contribution in [-0.4, -0.2) is 15.1 Å². The van der Waals surface area contributed by atoms with E-state index in [9.17, 15) is 5.11 Å². The first kappa shape index (κ1) is 10.4. The van der Waals surface area contributed by atoms with Gasteiger partial charge in [-0.05, 0) is 19.1 Å². The molecule has 0 spiro atoms. The highest BCUT2D eigenvalue weighted by Crippen LogP contribution is 2.27. The molecule has 5 heteroatoms. The molecule has 0 aliphatic heterocycles. The molecule has 0 radical (unpaired) electrons. The van der Waals surface area contributed by atoms with Crippen molar-refractivity contribution in [2.75, 3.05) is 0 Å². The first-order valence-corrected chi connectivity index (χ1v) is 6.09. The van der Waals surface area contributed by atoms with Gasteiger partial charge in [0.2, 0.25) is 0 Å². The number of thiazole rings is 1. The molecule has 3 rings (SSSR count). The number of aliphatic hydroxyl groups excluding tert-OH is 1. The van der Waals surface area contributed by atoms with Crippen LogP contribution < -0.4 is 0 Å². The lowest BCUT2D eigenvalue weighted by atomic mass is 10.1. The van der Waals surface area contributed by atoms with Crippen molar-refractivity contribution in [3.8, 4) is 11.3 Å². The number of nitrogens with zero attached hydrogens (tertiary/aromatic N) is 2. The molecule has 1 atom stereocenters. The summed E-state index contributed by atoms with van der Waals surface area (Å²) in [5, 5.41) is 12.1. The van der Waals surface area contributed by atoms with E-state index in [0.29, 0.717) is 0 Å². The van der Waals surface area contributed by atoms with Crippen molar-refractivity contribution in [1.82, 2.24) is 9.97 Å². The van der Waals surface area contributed by atoms with Crippen LogP contribution in [0.25, 0.3) is 22.4 Å². The molecule has 86 valence electrons. The molecule has 0 fully saturated rings. The topological polar surface area (TPSA) is 59.2 Å². The zero-order valence-corrected chi connectivity index (χ0v) is 9.94. The number of fused-ring (bicyclic) bond motifs is 1. The normalized spacial score (nSPS) is 13.1. The van der Waals surface area contributed by atoms with E-state index in [1.54, 1.807) is 6.92 Å². The van der Waals surface area contributed by atoms with E-state index < -0.39 is 6.10 Å². The average molecular weight is 246 g/mol. The van der Waals surface area contributed by atoms with Crippen molar-refractivity contribution in [2.45, 2.75) is 13.0 Å². The van der Waals surface area contributed by atoms with Gasteiger partial charge >= 0.3 is 0 Å². The summed E-state index contributed by atoms with van der Waals surface area (Å²) in [5.41, 5.74) is 3.40. The van der Waals surface area contributed by atoms with Crippen LogP contribution in [0.4, 0.5) is 0 Å². The molecule has 17 heavy (non-hydrogen) atoms. The molecule has 1 unspecified atom stereocenters. The fourth-order valence-electron chi connectivity index (χ4n) is 1.63. The second kappa shape index (κ2) is 3.94. The SMILES string of the molecule is CC(O)c1nc(-c2ccc3ncoc3c2)cs1. The lowest BCUT2D eigenvalue weighted by Crippen LogP contribution is -1.89. The van der Waals surface area contributed by atoms with Crippen LogP contribution in [0.2, 0.25) is 0 Å². The van der Waals surface area contributed by atoms with Gasteiger partial charge in [-0.15, -0.1) is 11.3 Å². The lowest BCUT2D eigenvalue weighted by molar-refractivity contribution is 0.199. The van der Waals surface area contributed by atoms with Gasteiger partial charge in [-0.2, -0.15) is 0 Å². The Labute approximate surface area is 102 Å². The fraction of sp³-hybridized carbons (Fsp3) is 0.167. The van der Waals surface area contributed by atoms with Crippen molar-refractivity contribution in [3.05, 3.63) is 35.0 Å². The summed E-state index contributed by atoms with van der Waals surface area (Å²) in [6.45, 7) is 1.71. The maximum absolute atomic E-state index is 9.44. The summed E-state index contributed by atoms with van der Waals surface area (Å²) in [4.78, 5) is 8.44. The van der Waals surface area contributed by atoms with E-state index in [1.165, 1.54) is 17.7 Å². The van der Waals surface area contributed by atoms with Crippen molar-refractivity contribution in [3.63, 3.8) is 0 Å². The number of rotatable bonds is 2. The summed E-state index contributed by atoms with van der Waals surface area (Å²) < 4.78 is 5.25. The van der Waals surface area contributed by atoms with Crippen LogP contribution in [-0.2, 0) is 0 Å². The lowest BCUT2D eigenvalue weighted by Gasteiger charge is -1.97. The van der Waals surface area contributed by atoms with E-state index in [0.717, 1.165) is 27.4 Å². The highest BCUT2D eigenvalue weighted by molar-refractivity contribution is 7.10. The predicted molar refractivity (Wildman–Crippen MR) is 65.8 cm³/mol. The molecule has 0 saturated heterocycles. The summed E-state index contributed by atoms with van der Waals surface area (Å²) in [6, 6.07) is 5.75. The van der Waals surface area contributed by atoms with Crippen molar-refractivity contribution < 1.29 is 9.52 Å². The Morgan fingerprint density at radius 1 is 1.41 bits per heavy atom. The van der Waals surface area contributed by atoms with Gasteiger partial charge in [0.1, 0.15) is 16.6 Å². The standard InChI is InChI=1S/C12H10N2O2S/c1-7(15)12-14-10(5-17-12)8-2-3-9-11(4-8)16-6-13-9/h2-7,15H,1H3. The third-order valence-corrected chi connectivity index (χ3v) is 3.52. The predicted octanol–water partition coefficient (Wildman–Crippen LogP) is 3.00. The Bertz CT molecular complexity index is 657. The highest BCUT2D eigenvalue weighted by atomic mass is 32.1. The zero-order valence-electron chi connectivity index (χ0n) is 9.12. The molecule has 0 amide bonds. The summed E-state index contributed by atoms with van der Waals surface area (Å²) >= 11 is 1.45. The van der Waals surface area contributed by atoms with Gasteiger partial charge in [0.15, 0.2) is 12.0 Å². The summed E-state index contributed by atoms with van der Waals surface area (Å²) in [6.07, 6.45) is 0.902. The first-order chi connectivity index (χ1) is 8.24. The van der Waals surface area contributed by atoms with Crippen LogP contribution in [0.3, 0.4) is 0 Å². The van der Waals surface area contributed by atoms with Gasteiger partial charge in [-0.1, -0.05) is 6.07 Å². The first-order valence-electron chi connectivity index (χ1n) is 5.21. The monoisotopic (exact) mass is 246 g/mol. The van der Waals surface area contributed by atoms with Crippen molar-refractivity contribution >= 4 is 22.4 Å². The van der Waals surface area contributed by atoms with E-state index in [1.807, 2.05) is 23.6 Å². The van der Waals surface area contributed by atoms with E-state index in [4.69, 9.17) is 4.42 Å². The molecule has 1 N–H and O–H groups in total. The minimum Gasteiger partial charge on any atom is -0.443 e. The Balaban J connectivity index is 2.06. The Morgan fingerprint density at radius 2 is 2.29 bits per heavy atom. The number of oxazole rings is 1. The molecule has 0 saturated carbocycles.